The second-order valence-electron chi connectivity index (χ2n) is 11.8. The lowest BCUT2D eigenvalue weighted by atomic mass is 9.52. The Kier molecular flexibility index (Phi) is 6.72. The summed E-state index contributed by atoms with van der Waals surface area (Å²) in [6.07, 6.45) is 9.82. The van der Waals surface area contributed by atoms with Gasteiger partial charge in [-0.15, -0.1) is 0 Å². The summed E-state index contributed by atoms with van der Waals surface area (Å²) >= 11 is 0. The number of hydrogen-bond donors (Lipinski definition) is 3. The van der Waals surface area contributed by atoms with Crippen molar-refractivity contribution in [3.05, 3.63) is 23.5 Å². The minimum absolute atomic E-state index is 0.0631. The predicted molar refractivity (Wildman–Crippen MR) is 132 cm³/mol. The molecular formula is C26H39N5O4. The van der Waals surface area contributed by atoms with E-state index >= 15 is 0 Å². The van der Waals surface area contributed by atoms with Crippen LogP contribution in [-0.2, 0) is 16.0 Å². The number of nitrogens with two attached hydrogens (primary N) is 1. The lowest BCUT2D eigenvalue weighted by Gasteiger charge is -2.58. The van der Waals surface area contributed by atoms with E-state index in [-0.39, 0.29) is 29.7 Å². The second-order valence-corrected chi connectivity index (χ2v) is 11.8. The minimum atomic E-state index is -0.701. The molecule has 0 spiro atoms. The lowest BCUT2D eigenvalue weighted by Crippen LogP contribution is -2.63. The molecule has 9 nitrogen and oxygen atoms in total. The Bertz CT molecular complexity index is 1010. The Morgan fingerprint density at radius 2 is 1.91 bits per heavy atom. The fourth-order valence-corrected chi connectivity index (χ4v) is 6.80. The van der Waals surface area contributed by atoms with Crippen LogP contribution in [0.2, 0.25) is 0 Å². The Labute approximate surface area is 207 Å². The highest BCUT2D eigenvalue weighted by Gasteiger charge is 2.57. The van der Waals surface area contributed by atoms with Crippen LogP contribution >= 0.6 is 0 Å². The van der Waals surface area contributed by atoms with Crippen molar-refractivity contribution in [3.8, 4) is 0 Å². The van der Waals surface area contributed by atoms with Crippen molar-refractivity contribution in [1.29, 1.82) is 0 Å². The van der Waals surface area contributed by atoms with Gasteiger partial charge in [0.2, 0.25) is 5.91 Å². The smallest absolute Gasteiger partial charge is 0.405 e. The standard InChI is InChI=1S/C26H39N5O4/c1-15(2)8-21-20(14-28-31(21)7-6-25(4,5)30-16(3)32)23(33)29-22-18-9-17-10-19(22)13-26(11-17,12-18)35-24(27)34/h6-7,14-15,17-19,22H,8-13H2,1-5H3,(H2,27,34)(H,29,33)(H,30,32). The normalized spacial score (nSPS) is 29.5. The maximum Gasteiger partial charge on any atom is 0.405 e. The number of ether oxygens (including phenoxy) is 1. The molecule has 2 atom stereocenters. The summed E-state index contributed by atoms with van der Waals surface area (Å²) in [5.41, 5.74) is 5.81. The van der Waals surface area contributed by atoms with E-state index < -0.39 is 17.2 Å². The number of primary amides is 1. The average molecular weight is 486 g/mol. The highest BCUT2D eigenvalue weighted by Crippen LogP contribution is 2.57. The molecule has 1 heterocycles. The number of carbonyl (C=O) groups is 3. The molecule has 4 N–H and O–H groups in total. The fraction of sp³-hybridized carbons (Fsp3) is 0.692. The summed E-state index contributed by atoms with van der Waals surface area (Å²) in [5.74, 6) is 1.21. The molecule has 0 radical (unpaired) electrons. The van der Waals surface area contributed by atoms with E-state index in [0.717, 1.165) is 37.8 Å². The van der Waals surface area contributed by atoms with Crippen LogP contribution in [-0.4, -0.2) is 44.9 Å². The molecule has 4 aliphatic carbocycles. The Balaban J connectivity index is 1.52. The first-order valence-electron chi connectivity index (χ1n) is 12.7. The van der Waals surface area contributed by atoms with E-state index in [4.69, 9.17) is 10.5 Å². The van der Waals surface area contributed by atoms with Crippen molar-refractivity contribution in [2.45, 2.75) is 90.3 Å². The summed E-state index contributed by atoms with van der Waals surface area (Å²) in [4.78, 5) is 36.5. The third-order valence-corrected chi connectivity index (χ3v) is 7.71. The lowest BCUT2D eigenvalue weighted by molar-refractivity contribution is -0.137. The van der Waals surface area contributed by atoms with Gasteiger partial charge in [-0.3, -0.25) is 9.59 Å². The third-order valence-electron chi connectivity index (χ3n) is 7.71. The van der Waals surface area contributed by atoms with Crippen LogP contribution in [0.25, 0.3) is 6.20 Å². The van der Waals surface area contributed by atoms with Gasteiger partial charge >= 0.3 is 6.09 Å². The van der Waals surface area contributed by atoms with Crippen molar-refractivity contribution in [2.24, 2.45) is 29.4 Å². The van der Waals surface area contributed by atoms with Crippen molar-refractivity contribution in [3.63, 3.8) is 0 Å². The van der Waals surface area contributed by atoms with Gasteiger partial charge in [0.15, 0.2) is 0 Å². The van der Waals surface area contributed by atoms with Crippen LogP contribution in [0.1, 0.15) is 82.8 Å². The number of amides is 3. The molecule has 9 heteroatoms. The van der Waals surface area contributed by atoms with Crippen LogP contribution in [0.4, 0.5) is 4.79 Å². The van der Waals surface area contributed by atoms with Crippen molar-refractivity contribution in [1.82, 2.24) is 20.4 Å². The van der Waals surface area contributed by atoms with Crippen molar-refractivity contribution >= 4 is 24.1 Å². The van der Waals surface area contributed by atoms with Gasteiger partial charge < -0.3 is 21.1 Å². The summed E-state index contributed by atoms with van der Waals surface area (Å²) < 4.78 is 7.35. The van der Waals surface area contributed by atoms with Gasteiger partial charge in [0.1, 0.15) is 5.60 Å². The summed E-state index contributed by atoms with van der Waals surface area (Å²) in [6, 6.07) is 0.0631. The number of carbonyl (C=O) groups excluding carboxylic acids is 3. The van der Waals surface area contributed by atoms with Crippen molar-refractivity contribution < 1.29 is 19.1 Å². The Morgan fingerprint density at radius 3 is 2.49 bits per heavy atom. The summed E-state index contributed by atoms with van der Waals surface area (Å²) in [6.45, 7) is 9.53. The van der Waals surface area contributed by atoms with E-state index in [9.17, 15) is 14.4 Å². The molecule has 2 unspecified atom stereocenters. The summed E-state index contributed by atoms with van der Waals surface area (Å²) in [5, 5.41) is 10.7. The Hall–Kier alpha value is -2.84. The zero-order valence-corrected chi connectivity index (χ0v) is 21.5. The van der Waals surface area contributed by atoms with E-state index in [0.29, 0.717) is 23.8 Å². The van der Waals surface area contributed by atoms with Crippen LogP contribution < -0.4 is 16.4 Å². The number of nitrogens with zero attached hydrogens (tertiary/aromatic N) is 2. The van der Waals surface area contributed by atoms with E-state index in [1.54, 1.807) is 10.9 Å². The van der Waals surface area contributed by atoms with Gasteiger partial charge in [-0.05, 0) is 82.1 Å². The van der Waals surface area contributed by atoms with Crippen LogP contribution in [0.5, 0.6) is 0 Å². The highest BCUT2D eigenvalue weighted by molar-refractivity contribution is 5.95. The Morgan fingerprint density at radius 1 is 1.26 bits per heavy atom. The molecular weight excluding hydrogens is 446 g/mol. The van der Waals surface area contributed by atoms with E-state index in [2.05, 4.69) is 29.6 Å². The maximum absolute atomic E-state index is 13.5. The van der Waals surface area contributed by atoms with Gasteiger partial charge in [0.25, 0.3) is 5.91 Å². The zero-order valence-electron chi connectivity index (χ0n) is 21.5. The van der Waals surface area contributed by atoms with Gasteiger partial charge in [-0.25, -0.2) is 9.48 Å². The monoisotopic (exact) mass is 485 g/mol. The first-order chi connectivity index (χ1) is 16.4. The fourth-order valence-electron chi connectivity index (χ4n) is 6.80. The first-order valence-corrected chi connectivity index (χ1v) is 12.7. The highest BCUT2D eigenvalue weighted by atomic mass is 16.6. The van der Waals surface area contributed by atoms with Crippen LogP contribution in [0.3, 0.4) is 0 Å². The molecule has 0 saturated heterocycles. The number of hydrogen-bond acceptors (Lipinski definition) is 5. The molecule has 1 aromatic rings. The minimum Gasteiger partial charge on any atom is -0.443 e. The second kappa shape index (κ2) is 9.32. The quantitative estimate of drug-likeness (QED) is 0.521. The topological polar surface area (TPSA) is 128 Å². The molecule has 0 aliphatic heterocycles. The van der Waals surface area contributed by atoms with Gasteiger partial charge in [0, 0.05) is 19.2 Å². The molecule has 0 aromatic carbocycles. The average Bonchev–Trinajstić information content (AvgIpc) is 3.08. The van der Waals surface area contributed by atoms with Gasteiger partial charge in [0.05, 0.1) is 23.0 Å². The molecule has 192 valence electrons. The maximum atomic E-state index is 13.5. The molecule has 4 saturated carbocycles. The molecule has 4 aliphatic rings. The van der Waals surface area contributed by atoms with Gasteiger partial charge in [-0.2, -0.15) is 5.10 Å². The number of nitrogens with one attached hydrogen (secondary N) is 2. The number of rotatable bonds is 8. The molecule has 5 rings (SSSR count). The molecule has 4 bridgehead atoms. The van der Waals surface area contributed by atoms with Crippen LogP contribution in [0, 0.1) is 23.7 Å². The molecule has 4 fully saturated rings. The molecule has 3 amide bonds. The number of aromatic nitrogens is 2. The van der Waals surface area contributed by atoms with Crippen LogP contribution in [0.15, 0.2) is 12.3 Å². The SMILES string of the molecule is CC(=O)NC(C)(C)C=Cn1ncc(C(=O)NC2C3CC4CC2CC(OC(N)=O)(C4)C3)c1CC(C)C. The first kappa shape index (κ1) is 25.3. The molecule has 1 aromatic heterocycles. The third kappa shape index (κ3) is 5.54. The van der Waals surface area contributed by atoms with Gasteiger partial charge in [-0.1, -0.05) is 13.8 Å². The van der Waals surface area contributed by atoms with E-state index in [1.807, 2.05) is 26.1 Å². The zero-order chi connectivity index (χ0) is 25.5. The summed E-state index contributed by atoms with van der Waals surface area (Å²) in [7, 11) is 0. The van der Waals surface area contributed by atoms with Crippen molar-refractivity contribution in [2.75, 3.05) is 0 Å². The molecule has 35 heavy (non-hydrogen) atoms. The van der Waals surface area contributed by atoms with E-state index in [1.165, 1.54) is 6.92 Å². The largest absolute Gasteiger partial charge is 0.443 e. The predicted octanol–water partition coefficient (Wildman–Crippen LogP) is 3.24.